The standard InChI is InChI=1S/C13H15NOS/c14-12(13-7-4-8-16-13)10-15-9-11-5-2-1-3-6-11/h1-8,12H,9-10,14H2. The van der Waals surface area contributed by atoms with Crippen molar-refractivity contribution in [3.8, 4) is 0 Å². The quantitative estimate of drug-likeness (QED) is 0.861. The average Bonchev–Trinajstić information content (AvgIpc) is 2.84. The van der Waals surface area contributed by atoms with E-state index in [4.69, 9.17) is 10.5 Å². The number of hydrogen-bond donors (Lipinski definition) is 1. The molecule has 84 valence electrons. The Bertz CT molecular complexity index is 399. The molecular weight excluding hydrogens is 218 g/mol. The van der Waals surface area contributed by atoms with Crippen LogP contribution in [0.5, 0.6) is 0 Å². The molecule has 2 aromatic rings. The van der Waals surface area contributed by atoms with Crippen LogP contribution in [0, 0.1) is 0 Å². The van der Waals surface area contributed by atoms with Crippen LogP contribution in [0.25, 0.3) is 0 Å². The highest BCUT2D eigenvalue weighted by Crippen LogP contribution is 2.17. The molecule has 2 nitrogen and oxygen atoms in total. The molecule has 3 heteroatoms. The highest BCUT2D eigenvalue weighted by Gasteiger charge is 2.06. The van der Waals surface area contributed by atoms with Gasteiger partial charge in [0.05, 0.1) is 19.3 Å². The zero-order valence-electron chi connectivity index (χ0n) is 9.00. The van der Waals surface area contributed by atoms with Crippen molar-refractivity contribution >= 4 is 11.3 Å². The van der Waals surface area contributed by atoms with Crippen LogP contribution >= 0.6 is 11.3 Å². The van der Waals surface area contributed by atoms with Crippen molar-refractivity contribution in [2.45, 2.75) is 12.6 Å². The van der Waals surface area contributed by atoms with Crippen molar-refractivity contribution in [3.05, 3.63) is 58.3 Å². The molecule has 16 heavy (non-hydrogen) atoms. The lowest BCUT2D eigenvalue weighted by molar-refractivity contribution is 0.108. The van der Waals surface area contributed by atoms with Gasteiger partial charge in [-0.1, -0.05) is 36.4 Å². The zero-order chi connectivity index (χ0) is 11.2. The molecule has 1 aromatic carbocycles. The van der Waals surface area contributed by atoms with E-state index in [1.54, 1.807) is 11.3 Å². The third kappa shape index (κ3) is 3.17. The second kappa shape index (κ2) is 5.80. The molecule has 0 aliphatic heterocycles. The molecule has 0 saturated carbocycles. The number of ether oxygens (including phenoxy) is 1. The normalized spacial score (nSPS) is 12.6. The monoisotopic (exact) mass is 233 g/mol. The number of thiophene rings is 1. The molecule has 0 amide bonds. The summed E-state index contributed by atoms with van der Waals surface area (Å²) in [7, 11) is 0. The van der Waals surface area contributed by atoms with Gasteiger partial charge in [0.1, 0.15) is 0 Å². The number of hydrogen-bond acceptors (Lipinski definition) is 3. The first kappa shape index (κ1) is 11.3. The van der Waals surface area contributed by atoms with Gasteiger partial charge in [0.2, 0.25) is 0 Å². The Morgan fingerprint density at radius 3 is 2.62 bits per heavy atom. The van der Waals surface area contributed by atoms with E-state index in [9.17, 15) is 0 Å². The second-order valence-corrected chi connectivity index (χ2v) is 4.60. The maximum Gasteiger partial charge on any atom is 0.0717 e. The summed E-state index contributed by atoms with van der Waals surface area (Å²) < 4.78 is 5.59. The van der Waals surface area contributed by atoms with Crippen molar-refractivity contribution in [2.75, 3.05) is 6.61 Å². The van der Waals surface area contributed by atoms with Crippen molar-refractivity contribution in [2.24, 2.45) is 5.73 Å². The summed E-state index contributed by atoms with van der Waals surface area (Å²) >= 11 is 1.67. The molecule has 1 aromatic heterocycles. The van der Waals surface area contributed by atoms with E-state index in [0.29, 0.717) is 13.2 Å². The van der Waals surface area contributed by atoms with Gasteiger partial charge >= 0.3 is 0 Å². The molecule has 0 aliphatic carbocycles. The Kier molecular flexibility index (Phi) is 4.10. The van der Waals surface area contributed by atoms with Gasteiger partial charge in [-0.05, 0) is 17.0 Å². The third-order valence-corrected chi connectivity index (χ3v) is 3.32. The molecule has 0 radical (unpaired) electrons. The molecule has 0 spiro atoms. The topological polar surface area (TPSA) is 35.2 Å². The predicted molar refractivity (Wildman–Crippen MR) is 67.3 cm³/mol. The Hall–Kier alpha value is -1.16. The average molecular weight is 233 g/mol. The van der Waals surface area contributed by atoms with E-state index in [1.807, 2.05) is 35.7 Å². The molecule has 2 N–H and O–H groups in total. The highest BCUT2D eigenvalue weighted by atomic mass is 32.1. The lowest BCUT2D eigenvalue weighted by Crippen LogP contribution is -2.15. The minimum absolute atomic E-state index is 0.0105. The lowest BCUT2D eigenvalue weighted by atomic mass is 10.2. The van der Waals surface area contributed by atoms with Gasteiger partial charge in [0, 0.05) is 4.88 Å². The van der Waals surface area contributed by atoms with Crippen LogP contribution in [0.2, 0.25) is 0 Å². The van der Waals surface area contributed by atoms with E-state index < -0.39 is 0 Å². The minimum atomic E-state index is -0.0105. The van der Waals surface area contributed by atoms with Gasteiger partial charge in [-0.15, -0.1) is 11.3 Å². The van der Waals surface area contributed by atoms with Crippen LogP contribution in [0.15, 0.2) is 47.8 Å². The van der Waals surface area contributed by atoms with Crippen molar-refractivity contribution in [1.82, 2.24) is 0 Å². The maximum atomic E-state index is 5.99. The molecule has 1 atom stereocenters. The van der Waals surface area contributed by atoms with Crippen LogP contribution in [0.4, 0.5) is 0 Å². The first-order valence-corrected chi connectivity index (χ1v) is 6.15. The second-order valence-electron chi connectivity index (χ2n) is 3.62. The molecular formula is C13H15NOS. The molecule has 1 heterocycles. The minimum Gasteiger partial charge on any atom is -0.375 e. The highest BCUT2D eigenvalue weighted by molar-refractivity contribution is 7.10. The summed E-state index contributed by atoms with van der Waals surface area (Å²) in [4.78, 5) is 1.17. The Morgan fingerprint density at radius 1 is 1.12 bits per heavy atom. The molecule has 0 aliphatic rings. The Balaban J connectivity index is 1.76. The Morgan fingerprint density at radius 2 is 1.94 bits per heavy atom. The first-order chi connectivity index (χ1) is 7.86. The van der Waals surface area contributed by atoms with Crippen molar-refractivity contribution < 1.29 is 4.74 Å². The fourth-order valence-corrected chi connectivity index (χ4v) is 2.18. The first-order valence-electron chi connectivity index (χ1n) is 5.27. The van der Waals surface area contributed by atoms with Crippen LogP contribution in [0.1, 0.15) is 16.5 Å². The fraction of sp³-hybridized carbons (Fsp3) is 0.231. The smallest absolute Gasteiger partial charge is 0.0717 e. The fourth-order valence-electron chi connectivity index (χ4n) is 1.46. The summed E-state index contributed by atoms with van der Waals surface area (Å²) in [6.07, 6.45) is 0. The summed E-state index contributed by atoms with van der Waals surface area (Å²) in [5.74, 6) is 0. The molecule has 1 unspecified atom stereocenters. The lowest BCUT2D eigenvalue weighted by Gasteiger charge is -2.10. The maximum absolute atomic E-state index is 5.99. The summed E-state index contributed by atoms with van der Waals surface area (Å²) in [5, 5.41) is 2.03. The van der Waals surface area contributed by atoms with Gasteiger partial charge in [-0.2, -0.15) is 0 Å². The largest absolute Gasteiger partial charge is 0.375 e. The third-order valence-electron chi connectivity index (χ3n) is 2.32. The number of benzene rings is 1. The van der Waals surface area contributed by atoms with E-state index in [2.05, 4.69) is 12.1 Å². The molecule has 0 fully saturated rings. The Labute approximate surface area is 99.7 Å². The van der Waals surface area contributed by atoms with Crippen LogP contribution in [0.3, 0.4) is 0 Å². The summed E-state index contributed by atoms with van der Waals surface area (Å²) in [6, 6.07) is 14.2. The predicted octanol–water partition coefficient (Wildman–Crippen LogP) is 2.96. The van der Waals surface area contributed by atoms with Crippen molar-refractivity contribution in [3.63, 3.8) is 0 Å². The van der Waals surface area contributed by atoms with Crippen LogP contribution < -0.4 is 5.73 Å². The van der Waals surface area contributed by atoms with E-state index in [0.717, 1.165) is 0 Å². The zero-order valence-corrected chi connectivity index (χ0v) is 9.82. The molecule has 0 saturated heterocycles. The van der Waals surface area contributed by atoms with E-state index in [1.165, 1.54) is 10.4 Å². The van der Waals surface area contributed by atoms with Gasteiger partial charge < -0.3 is 10.5 Å². The van der Waals surface area contributed by atoms with Crippen molar-refractivity contribution in [1.29, 1.82) is 0 Å². The summed E-state index contributed by atoms with van der Waals surface area (Å²) in [5.41, 5.74) is 7.17. The van der Waals surface area contributed by atoms with E-state index >= 15 is 0 Å². The molecule has 0 bridgehead atoms. The SMILES string of the molecule is NC(COCc1ccccc1)c1cccs1. The molecule has 2 rings (SSSR count). The number of rotatable bonds is 5. The van der Waals surface area contributed by atoms with Gasteiger partial charge in [0.15, 0.2) is 0 Å². The number of nitrogens with two attached hydrogens (primary N) is 1. The van der Waals surface area contributed by atoms with E-state index in [-0.39, 0.29) is 6.04 Å². The van der Waals surface area contributed by atoms with Gasteiger partial charge in [-0.3, -0.25) is 0 Å². The summed E-state index contributed by atoms with van der Waals surface area (Å²) in [6.45, 7) is 1.19. The van der Waals surface area contributed by atoms with Gasteiger partial charge in [0.25, 0.3) is 0 Å². The van der Waals surface area contributed by atoms with Crippen LogP contribution in [-0.4, -0.2) is 6.61 Å². The van der Waals surface area contributed by atoms with Crippen LogP contribution in [-0.2, 0) is 11.3 Å². The van der Waals surface area contributed by atoms with Gasteiger partial charge in [-0.25, -0.2) is 0 Å².